The van der Waals surface area contributed by atoms with Crippen LogP contribution in [0.3, 0.4) is 0 Å². The smallest absolute Gasteiger partial charge is 0.215 e. The van der Waals surface area contributed by atoms with Crippen molar-refractivity contribution >= 4 is 5.78 Å². The van der Waals surface area contributed by atoms with Crippen molar-refractivity contribution < 1.29 is 9.53 Å². The monoisotopic (exact) mass is 255 g/mol. The minimum absolute atomic E-state index is 0.0272. The van der Waals surface area contributed by atoms with Crippen molar-refractivity contribution in [1.82, 2.24) is 4.98 Å². The molecule has 0 saturated heterocycles. The van der Waals surface area contributed by atoms with E-state index in [1.54, 1.807) is 18.3 Å². The molecule has 0 radical (unpaired) electrons. The number of ether oxygens (including phenoxy) is 1. The first-order valence-corrected chi connectivity index (χ1v) is 6.31. The van der Waals surface area contributed by atoms with Crippen LogP contribution in [0.25, 0.3) is 0 Å². The minimum Gasteiger partial charge on any atom is -0.490 e. The third kappa shape index (κ3) is 3.19. The average Bonchev–Trinajstić information content (AvgIpc) is 2.38. The Morgan fingerprint density at radius 2 is 1.95 bits per heavy atom. The molecule has 1 heterocycles. The molecule has 19 heavy (non-hydrogen) atoms. The molecule has 0 saturated carbocycles. The molecule has 0 spiro atoms. The molecular formula is C16H17NO2. The Bertz CT molecular complexity index is 591. The summed E-state index contributed by atoms with van der Waals surface area (Å²) >= 11 is 0. The van der Waals surface area contributed by atoms with Crippen molar-refractivity contribution in [3.8, 4) is 5.75 Å². The van der Waals surface area contributed by atoms with Gasteiger partial charge in [0.25, 0.3) is 0 Å². The van der Waals surface area contributed by atoms with Gasteiger partial charge in [0.05, 0.1) is 11.7 Å². The second kappa shape index (κ2) is 5.65. The van der Waals surface area contributed by atoms with E-state index in [2.05, 4.69) is 4.98 Å². The number of rotatable bonds is 4. The number of aromatic nitrogens is 1. The molecule has 1 aromatic heterocycles. The summed E-state index contributed by atoms with van der Waals surface area (Å²) in [5, 5.41) is 0. The van der Waals surface area contributed by atoms with Crippen molar-refractivity contribution in [2.24, 2.45) is 0 Å². The highest BCUT2D eigenvalue weighted by atomic mass is 16.5. The van der Waals surface area contributed by atoms with Crippen LogP contribution in [0.1, 0.15) is 35.5 Å². The van der Waals surface area contributed by atoms with Crippen molar-refractivity contribution in [3.63, 3.8) is 0 Å². The van der Waals surface area contributed by atoms with Gasteiger partial charge in [0.1, 0.15) is 11.4 Å². The zero-order valence-electron chi connectivity index (χ0n) is 11.4. The lowest BCUT2D eigenvalue weighted by Gasteiger charge is -2.13. The van der Waals surface area contributed by atoms with Crippen molar-refractivity contribution in [3.05, 3.63) is 59.4 Å². The van der Waals surface area contributed by atoms with Gasteiger partial charge in [0.2, 0.25) is 5.78 Å². The predicted octanol–water partition coefficient (Wildman–Crippen LogP) is 3.41. The topological polar surface area (TPSA) is 39.2 Å². The predicted molar refractivity (Wildman–Crippen MR) is 74.6 cm³/mol. The summed E-state index contributed by atoms with van der Waals surface area (Å²) in [5.41, 5.74) is 2.01. The Kier molecular flexibility index (Phi) is 3.95. The second-order valence-electron chi connectivity index (χ2n) is 4.71. The van der Waals surface area contributed by atoms with E-state index in [0.717, 1.165) is 5.56 Å². The van der Waals surface area contributed by atoms with Crippen LogP contribution < -0.4 is 4.74 Å². The largest absolute Gasteiger partial charge is 0.490 e. The number of carbonyl (C=O) groups excluding carboxylic acids is 1. The Balaban J connectivity index is 2.39. The highest BCUT2D eigenvalue weighted by Crippen LogP contribution is 2.22. The SMILES string of the molecule is Cc1ccnc(C(=O)c2ccccc2OC(C)C)c1. The number of benzene rings is 1. The molecule has 0 N–H and O–H groups in total. The van der Waals surface area contributed by atoms with Crippen LogP contribution in [-0.4, -0.2) is 16.9 Å². The molecule has 0 aliphatic heterocycles. The highest BCUT2D eigenvalue weighted by molar-refractivity contribution is 6.09. The number of para-hydroxylation sites is 1. The lowest BCUT2D eigenvalue weighted by Crippen LogP contribution is -2.11. The Morgan fingerprint density at radius 3 is 2.63 bits per heavy atom. The minimum atomic E-state index is -0.111. The third-order valence-corrected chi connectivity index (χ3v) is 2.64. The van der Waals surface area contributed by atoms with Gasteiger partial charge in [-0.05, 0) is 50.6 Å². The maximum absolute atomic E-state index is 12.5. The van der Waals surface area contributed by atoms with Crippen molar-refractivity contribution in [2.75, 3.05) is 0 Å². The van der Waals surface area contributed by atoms with Crippen molar-refractivity contribution in [2.45, 2.75) is 26.9 Å². The second-order valence-corrected chi connectivity index (χ2v) is 4.71. The number of pyridine rings is 1. The highest BCUT2D eigenvalue weighted by Gasteiger charge is 2.16. The van der Waals surface area contributed by atoms with E-state index in [-0.39, 0.29) is 11.9 Å². The van der Waals surface area contributed by atoms with E-state index in [4.69, 9.17) is 4.74 Å². The summed E-state index contributed by atoms with van der Waals surface area (Å²) in [6.45, 7) is 5.81. The molecule has 0 atom stereocenters. The van der Waals surface area contributed by atoms with Crippen LogP contribution in [0.2, 0.25) is 0 Å². The lowest BCUT2D eigenvalue weighted by molar-refractivity contribution is 0.102. The average molecular weight is 255 g/mol. The maximum atomic E-state index is 12.5. The first kappa shape index (κ1) is 13.3. The van der Waals surface area contributed by atoms with Crippen LogP contribution in [0.5, 0.6) is 5.75 Å². The molecule has 0 amide bonds. The van der Waals surface area contributed by atoms with Gasteiger partial charge in [-0.3, -0.25) is 9.78 Å². The Hall–Kier alpha value is -2.16. The molecule has 2 aromatic rings. The summed E-state index contributed by atoms with van der Waals surface area (Å²) in [7, 11) is 0. The molecule has 0 bridgehead atoms. The molecule has 0 fully saturated rings. The summed E-state index contributed by atoms with van der Waals surface area (Å²) in [4.78, 5) is 16.6. The number of ketones is 1. The van der Waals surface area contributed by atoms with Gasteiger partial charge in [-0.1, -0.05) is 12.1 Å². The molecule has 0 aliphatic carbocycles. The van der Waals surface area contributed by atoms with Crippen molar-refractivity contribution in [1.29, 1.82) is 0 Å². The Labute approximate surface area is 113 Å². The normalized spacial score (nSPS) is 10.5. The quantitative estimate of drug-likeness (QED) is 0.786. The van der Waals surface area contributed by atoms with Crippen LogP contribution in [0.15, 0.2) is 42.6 Å². The van der Waals surface area contributed by atoms with Gasteiger partial charge in [-0.2, -0.15) is 0 Å². The molecule has 3 nitrogen and oxygen atoms in total. The van der Waals surface area contributed by atoms with E-state index < -0.39 is 0 Å². The standard InChI is InChI=1S/C16H17NO2/c1-11(2)19-15-7-5-4-6-13(15)16(18)14-10-12(3)8-9-17-14/h4-11H,1-3H3. The zero-order valence-corrected chi connectivity index (χ0v) is 11.4. The number of hydrogen-bond acceptors (Lipinski definition) is 3. The van der Waals surface area contributed by atoms with Gasteiger partial charge in [-0.25, -0.2) is 0 Å². The molecule has 98 valence electrons. The molecular weight excluding hydrogens is 238 g/mol. The van der Waals surface area contributed by atoms with E-state index in [9.17, 15) is 4.79 Å². The van der Waals surface area contributed by atoms with E-state index in [1.165, 1.54) is 0 Å². The van der Waals surface area contributed by atoms with Crippen LogP contribution in [-0.2, 0) is 0 Å². The lowest BCUT2D eigenvalue weighted by atomic mass is 10.1. The summed E-state index contributed by atoms with van der Waals surface area (Å²) in [6, 6.07) is 10.9. The maximum Gasteiger partial charge on any atom is 0.215 e. The zero-order chi connectivity index (χ0) is 13.8. The number of aryl methyl sites for hydroxylation is 1. The molecule has 0 unspecified atom stereocenters. The summed E-state index contributed by atoms with van der Waals surface area (Å²) in [5.74, 6) is 0.491. The molecule has 2 rings (SSSR count). The molecule has 3 heteroatoms. The molecule has 0 aliphatic rings. The van der Waals surface area contributed by atoms with Crippen LogP contribution >= 0.6 is 0 Å². The van der Waals surface area contributed by atoms with Gasteiger partial charge < -0.3 is 4.74 Å². The summed E-state index contributed by atoms with van der Waals surface area (Å²) < 4.78 is 5.67. The van der Waals surface area contributed by atoms with E-state index in [0.29, 0.717) is 17.0 Å². The summed E-state index contributed by atoms with van der Waals surface area (Å²) in [6.07, 6.45) is 1.67. The first-order chi connectivity index (χ1) is 9.08. The third-order valence-electron chi connectivity index (χ3n) is 2.64. The van der Waals surface area contributed by atoms with Crippen LogP contribution in [0.4, 0.5) is 0 Å². The van der Waals surface area contributed by atoms with Gasteiger partial charge >= 0.3 is 0 Å². The Morgan fingerprint density at radius 1 is 1.21 bits per heavy atom. The van der Waals surface area contributed by atoms with Crippen LogP contribution in [0, 0.1) is 6.92 Å². The number of nitrogens with zero attached hydrogens (tertiary/aromatic N) is 1. The van der Waals surface area contributed by atoms with E-state index in [1.807, 2.05) is 45.0 Å². The fraction of sp³-hybridized carbons (Fsp3) is 0.250. The first-order valence-electron chi connectivity index (χ1n) is 6.31. The number of carbonyl (C=O) groups is 1. The van der Waals surface area contributed by atoms with Gasteiger partial charge in [0.15, 0.2) is 0 Å². The fourth-order valence-corrected chi connectivity index (χ4v) is 1.81. The molecule has 1 aromatic carbocycles. The number of hydrogen-bond donors (Lipinski definition) is 0. The fourth-order valence-electron chi connectivity index (χ4n) is 1.81. The van der Waals surface area contributed by atoms with E-state index >= 15 is 0 Å². The van der Waals surface area contributed by atoms with Gasteiger partial charge in [0, 0.05) is 6.20 Å². The van der Waals surface area contributed by atoms with Gasteiger partial charge in [-0.15, -0.1) is 0 Å².